The lowest BCUT2D eigenvalue weighted by molar-refractivity contribution is 0.0512. The monoisotopic (exact) mass is 666 g/mol. The molecule has 43 heavy (non-hydrogen) atoms. The maximum absolute atomic E-state index is 13.6. The van der Waals surface area contributed by atoms with Crippen molar-refractivity contribution in [1.29, 1.82) is 0 Å². The van der Waals surface area contributed by atoms with Crippen LogP contribution in [0.3, 0.4) is 0 Å². The predicted molar refractivity (Wildman–Crippen MR) is 181 cm³/mol. The van der Waals surface area contributed by atoms with Crippen LogP contribution in [0.25, 0.3) is 32.8 Å². The number of rotatable bonds is 13. The number of para-hydroxylation sites is 1. The van der Waals surface area contributed by atoms with Crippen molar-refractivity contribution in [1.82, 2.24) is 19.7 Å². The van der Waals surface area contributed by atoms with Gasteiger partial charge in [-0.3, -0.25) is 4.68 Å². The molecule has 3 aromatic carbocycles. The molecule has 0 unspecified atom stereocenters. The average Bonchev–Trinajstić information content (AvgIpc) is 3.48. The van der Waals surface area contributed by atoms with Crippen LogP contribution in [0, 0.1) is 6.92 Å². The van der Waals surface area contributed by atoms with E-state index < -0.39 is 0 Å². The normalized spacial score (nSPS) is 11.2. The van der Waals surface area contributed by atoms with E-state index >= 15 is 0 Å². The summed E-state index contributed by atoms with van der Waals surface area (Å²) in [7, 11) is 3.93. The molecule has 2 aromatic heterocycles. The number of nitrogens with one attached hydrogen (secondary N) is 1. The summed E-state index contributed by atoms with van der Waals surface area (Å²) >= 11 is 3.65. The van der Waals surface area contributed by atoms with Crippen LogP contribution in [0.1, 0.15) is 47.2 Å². The van der Waals surface area contributed by atoms with E-state index in [2.05, 4.69) is 69.1 Å². The first-order valence-electron chi connectivity index (χ1n) is 14.6. The molecule has 5 aromatic rings. The lowest BCUT2D eigenvalue weighted by Crippen LogP contribution is -2.17. The van der Waals surface area contributed by atoms with Crippen LogP contribution in [0.15, 0.2) is 60.7 Å². The molecule has 0 aliphatic rings. The van der Waals surface area contributed by atoms with E-state index in [1.807, 2.05) is 50.0 Å². The standard InChI is InChI=1S/C34H39BrN4O3.ClH/c1-5-41-34(40)33-27(17-10-21-42-30-18-8-13-24-12-6-7-14-25(24)30)26-15-9-16-28(32(26)39(33)20-11-19-36-3)31-23(2)38(4)37-29(31)22-35;/h6-9,12-16,18,36H,5,10-11,17,19-22H2,1-4H3;1H. The van der Waals surface area contributed by atoms with Gasteiger partial charge >= 0.3 is 5.97 Å². The molecule has 0 fully saturated rings. The Morgan fingerprint density at radius 3 is 2.53 bits per heavy atom. The molecule has 5 rings (SSSR count). The Labute approximate surface area is 268 Å². The van der Waals surface area contributed by atoms with Crippen LogP contribution >= 0.6 is 28.3 Å². The smallest absolute Gasteiger partial charge is 0.355 e. The number of halogens is 2. The van der Waals surface area contributed by atoms with Crippen LogP contribution in [-0.4, -0.2) is 47.1 Å². The Morgan fingerprint density at radius 1 is 1.02 bits per heavy atom. The van der Waals surface area contributed by atoms with Gasteiger partial charge in [0.25, 0.3) is 0 Å². The molecule has 1 N–H and O–H groups in total. The summed E-state index contributed by atoms with van der Waals surface area (Å²) in [5.74, 6) is 0.600. The van der Waals surface area contributed by atoms with E-state index in [1.54, 1.807) is 0 Å². The molecule has 228 valence electrons. The summed E-state index contributed by atoms with van der Waals surface area (Å²) in [6, 6.07) is 20.8. The fourth-order valence-electron chi connectivity index (χ4n) is 5.88. The number of alkyl halides is 1. The Kier molecular flexibility index (Phi) is 11.3. The Hall–Kier alpha value is -3.33. The molecule has 0 amide bonds. The van der Waals surface area contributed by atoms with E-state index in [4.69, 9.17) is 14.6 Å². The molecule has 0 atom stereocenters. The number of nitrogens with zero attached hydrogens (tertiary/aromatic N) is 3. The van der Waals surface area contributed by atoms with Gasteiger partial charge in [0.05, 0.1) is 24.4 Å². The molecular formula is C34H40BrClN4O3. The van der Waals surface area contributed by atoms with Gasteiger partial charge in [-0.15, -0.1) is 12.4 Å². The van der Waals surface area contributed by atoms with E-state index in [0.29, 0.717) is 37.2 Å². The van der Waals surface area contributed by atoms with Crippen molar-refractivity contribution in [2.24, 2.45) is 7.05 Å². The van der Waals surface area contributed by atoms with Gasteiger partial charge in [0.2, 0.25) is 0 Å². The highest BCUT2D eigenvalue weighted by Crippen LogP contribution is 2.39. The highest BCUT2D eigenvalue weighted by atomic mass is 79.9. The van der Waals surface area contributed by atoms with Gasteiger partial charge in [0, 0.05) is 46.5 Å². The number of carbonyl (C=O) groups excluding carboxylic acids is 1. The molecule has 2 heterocycles. The molecule has 0 radical (unpaired) electrons. The van der Waals surface area contributed by atoms with Gasteiger partial charge in [-0.1, -0.05) is 70.5 Å². The first-order chi connectivity index (χ1) is 20.5. The number of aryl methyl sites for hydroxylation is 3. The zero-order valence-electron chi connectivity index (χ0n) is 25.3. The second kappa shape index (κ2) is 14.9. The van der Waals surface area contributed by atoms with Crippen LogP contribution in [-0.2, 0) is 30.1 Å². The molecule has 0 aliphatic heterocycles. The summed E-state index contributed by atoms with van der Waals surface area (Å²) in [4.78, 5) is 13.6. The third kappa shape index (κ3) is 6.61. The summed E-state index contributed by atoms with van der Waals surface area (Å²) in [5.41, 5.74) is 6.96. The van der Waals surface area contributed by atoms with Gasteiger partial charge in [0.15, 0.2) is 0 Å². The maximum Gasteiger partial charge on any atom is 0.355 e. The molecule has 0 saturated heterocycles. The Morgan fingerprint density at radius 2 is 1.77 bits per heavy atom. The van der Waals surface area contributed by atoms with Crippen molar-refractivity contribution < 1.29 is 14.3 Å². The lowest BCUT2D eigenvalue weighted by Gasteiger charge is -2.14. The second-order valence-electron chi connectivity index (χ2n) is 10.5. The fourth-order valence-corrected chi connectivity index (χ4v) is 6.27. The third-order valence-corrected chi connectivity index (χ3v) is 8.38. The van der Waals surface area contributed by atoms with Crippen molar-refractivity contribution >= 4 is 56.0 Å². The third-order valence-electron chi connectivity index (χ3n) is 7.84. The Bertz CT molecular complexity index is 1710. The topological polar surface area (TPSA) is 70.3 Å². The molecule has 0 aliphatic carbocycles. The van der Waals surface area contributed by atoms with Crippen molar-refractivity contribution in [3.05, 3.63) is 83.3 Å². The van der Waals surface area contributed by atoms with Crippen molar-refractivity contribution in [2.45, 2.75) is 45.0 Å². The van der Waals surface area contributed by atoms with Gasteiger partial charge in [-0.05, 0) is 63.7 Å². The number of esters is 1. The predicted octanol–water partition coefficient (Wildman–Crippen LogP) is 7.62. The largest absolute Gasteiger partial charge is 0.493 e. The number of hydrogen-bond donors (Lipinski definition) is 1. The zero-order valence-corrected chi connectivity index (χ0v) is 27.7. The summed E-state index contributed by atoms with van der Waals surface area (Å²) in [6.45, 7) is 6.35. The second-order valence-corrected chi connectivity index (χ2v) is 11.0. The minimum absolute atomic E-state index is 0. The lowest BCUT2D eigenvalue weighted by atomic mass is 9.98. The van der Waals surface area contributed by atoms with Crippen LogP contribution < -0.4 is 10.1 Å². The van der Waals surface area contributed by atoms with Crippen molar-refractivity contribution in [3.63, 3.8) is 0 Å². The summed E-state index contributed by atoms with van der Waals surface area (Å²) < 4.78 is 16.1. The fraction of sp³-hybridized carbons (Fsp3) is 0.353. The molecular weight excluding hydrogens is 628 g/mol. The number of hydrogen-bond acceptors (Lipinski definition) is 5. The molecule has 9 heteroatoms. The molecule has 0 bridgehead atoms. The van der Waals surface area contributed by atoms with Gasteiger partial charge in [-0.25, -0.2) is 4.79 Å². The molecule has 0 saturated carbocycles. The number of benzene rings is 3. The van der Waals surface area contributed by atoms with Gasteiger partial charge in [-0.2, -0.15) is 5.10 Å². The summed E-state index contributed by atoms with van der Waals surface area (Å²) in [6.07, 6.45) is 2.32. The maximum atomic E-state index is 13.6. The highest BCUT2D eigenvalue weighted by molar-refractivity contribution is 9.08. The van der Waals surface area contributed by atoms with Crippen LogP contribution in [0.4, 0.5) is 0 Å². The van der Waals surface area contributed by atoms with Crippen LogP contribution in [0.5, 0.6) is 5.75 Å². The number of ether oxygens (including phenoxy) is 2. The van der Waals surface area contributed by atoms with E-state index in [9.17, 15) is 4.79 Å². The zero-order chi connectivity index (χ0) is 29.6. The van der Waals surface area contributed by atoms with Gasteiger partial charge in [0.1, 0.15) is 11.4 Å². The SMILES string of the molecule is CCOC(=O)c1c(CCCOc2cccc3ccccc23)c2cccc(-c3c(CBr)nn(C)c3C)c2n1CCCNC.Cl. The Balaban J connectivity index is 0.00000423. The quantitative estimate of drug-likeness (QED) is 0.0795. The number of fused-ring (bicyclic) bond motifs is 2. The molecule has 0 spiro atoms. The summed E-state index contributed by atoms with van der Waals surface area (Å²) in [5, 5.41) is 12.0. The first kappa shape index (κ1) is 32.6. The van der Waals surface area contributed by atoms with E-state index in [1.165, 1.54) is 0 Å². The minimum atomic E-state index is -0.280. The van der Waals surface area contributed by atoms with E-state index in [0.717, 1.165) is 74.9 Å². The van der Waals surface area contributed by atoms with Crippen LogP contribution in [0.2, 0.25) is 0 Å². The number of aromatic nitrogens is 3. The number of carbonyl (C=O) groups is 1. The molecule has 7 nitrogen and oxygen atoms in total. The van der Waals surface area contributed by atoms with Crippen molar-refractivity contribution in [2.75, 3.05) is 26.8 Å². The highest BCUT2D eigenvalue weighted by Gasteiger charge is 2.27. The van der Waals surface area contributed by atoms with E-state index in [-0.39, 0.29) is 18.4 Å². The minimum Gasteiger partial charge on any atom is -0.493 e. The average molecular weight is 668 g/mol. The van der Waals surface area contributed by atoms with Gasteiger partial charge < -0.3 is 19.4 Å². The van der Waals surface area contributed by atoms with Crippen molar-refractivity contribution in [3.8, 4) is 16.9 Å². The first-order valence-corrected chi connectivity index (χ1v) is 15.8.